The number of anilines is 2. The average Bonchev–Trinajstić information content (AvgIpc) is 3.11. The summed E-state index contributed by atoms with van der Waals surface area (Å²) in [7, 11) is 0. The molecule has 0 spiro atoms. The molecule has 2 aromatic carbocycles. The Morgan fingerprint density at radius 3 is 2.25 bits per heavy atom. The van der Waals surface area contributed by atoms with Crippen LogP contribution < -0.4 is 10.6 Å². The van der Waals surface area contributed by atoms with Crippen molar-refractivity contribution in [3.8, 4) is 11.3 Å². The van der Waals surface area contributed by atoms with Gasteiger partial charge in [0, 0.05) is 23.9 Å². The fourth-order valence-corrected chi connectivity index (χ4v) is 2.53. The van der Waals surface area contributed by atoms with Gasteiger partial charge < -0.3 is 15.1 Å². The Morgan fingerprint density at radius 2 is 1.57 bits per heavy atom. The number of alkyl halides is 3. The summed E-state index contributed by atoms with van der Waals surface area (Å²) in [6.45, 7) is 1.36. The van der Waals surface area contributed by atoms with Crippen LogP contribution in [0.2, 0.25) is 0 Å². The molecule has 1 aromatic heterocycles. The molecule has 0 bridgehead atoms. The van der Waals surface area contributed by atoms with Gasteiger partial charge in [0.15, 0.2) is 5.76 Å². The van der Waals surface area contributed by atoms with Gasteiger partial charge in [0.2, 0.25) is 5.91 Å². The quantitative estimate of drug-likeness (QED) is 0.647. The van der Waals surface area contributed by atoms with E-state index in [1.807, 2.05) is 0 Å². The standard InChI is InChI=1S/C20H15F3N2O3/c1-12(26)24-15-6-3-7-16(11-15)25-19(27)18-9-8-17(28-18)13-4-2-5-14(10-13)20(21,22)23/h2-11H,1H3,(H,24,26)(H,25,27). The average molecular weight is 388 g/mol. The Hall–Kier alpha value is -3.55. The van der Waals surface area contributed by atoms with E-state index in [2.05, 4.69) is 10.6 Å². The van der Waals surface area contributed by atoms with Gasteiger partial charge in [-0.25, -0.2) is 0 Å². The van der Waals surface area contributed by atoms with E-state index >= 15 is 0 Å². The number of rotatable bonds is 4. The smallest absolute Gasteiger partial charge is 0.416 e. The molecular formula is C20H15F3N2O3. The molecule has 2 amide bonds. The number of amides is 2. The van der Waals surface area contributed by atoms with Crippen molar-refractivity contribution in [2.75, 3.05) is 10.6 Å². The molecule has 0 aliphatic carbocycles. The predicted octanol–water partition coefficient (Wildman–Crippen LogP) is 5.18. The van der Waals surface area contributed by atoms with Gasteiger partial charge in [-0.2, -0.15) is 13.2 Å². The van der Waals surface area contributed by atoms with E-state index in [1.165, 1.54) is 31.2 Å². The van der Waals surface area contributed by atoms with Crippen LogP contribution in [0.4, 0.5) is 24.5 Å². The summed E-state index contributed by atoms with van der Waals surface area (Å²) < 4.78 is 44.0. The molecule has 3 aromatic rings. The van der Waals surface area contributed by atoms with Crippen molar-refractivity contribution < 1.29 is 27.2 Å². The van der Waals surface area contributed by atoms with E-state index in [4.69, 9.17) is 4.42 Å². The summed E-state index contributed by atoms with van der Waals surface area (Å²) in [5.41, 5.74) is 0.339. The first-order valence-electron chi connectivity index (χ1n) is 8.19. The zero-order chi connectivity index (χ0) is 20.3. The van der Waals surface area contributed by atoms with E-state index in [0.717, 1.165) is 12.1 Å². The lowest BCUT2D eigenvalue weighted by molar-refractivity contribution is -0.137. The number of carbonyl (C=O) groups is 2. The molecule has 144 valence electrons. The van der Waals surface area contributed by atoms with Crippen molar-refractivity contribution in [2.45, 2.75) is 13.1 Å². The monoisotopic (exact) mass is 388 g/mol. The number of carbonyl (C=O) groups excluding carboxylic acids is 2. The summed E-state index contributed by atoms with van der Waals surface area (Å²) in [4.78, 5) is 23.5. The van der Waals surface area contributed by atoms with Crippen LogP contribution in [0.1, 0.15) is 23.0 Å². The maximum absolute atomic E-state index is 12.9. The number of benzene rings is 2. The molecule has 8 heteroatoms. The van der Waals surface area contributed by atoms with Gasteiger partial charge in [-0.3, -0.25) is 9.59 Å². The first-order chi connectivity index (χ1) is 13.2. The van der Waals surface area contributed by atoms with Crippen LogP contribution in [0.15, 0.2) is 65.1 Å². The molecule has 0 saturated heterocycles. The Morgan fingerprint density at radius 1 is 0.893 bits per heavy atom. The Balaban J connectivity index is 1.77. The lowest BCUT2D eigenvalue weighted by atomic mass is 10.1. The van der Waals surface area contributed by atoms with Crippen LogP contribution in [0.3, 0.4) is 0 Å². The Bertz CT molecular complexity index is 1030. The second kappa shape index (κ2) is 7.59. The highest BCUT2D eigenvalue weighted by Crippen LogP contribution is 2.32. The van der Waals surface area contributed by atoms with Crippen LogP contribution in [0, 0.1) is 0 Å². The third-order valence-electron chi connectivity index (χ3n) is 3.75. The first kappa shape index (κ1) is 19.2. The van der Waals surface area contributed by atoms with Gasteiger partial charge >= 0.3 is 6.18 Å². The summed E-state index contributed by atoms with van der Waals surface area (Å²) in [6, 6.07) is 14.0. The highest BCUT2D eigenvalue weighted by molar-refractivity contribution is 6.03. The molecule has 0 radical (unpaired) electrons. The first-order valence-corrected chi connectivity index (χ1v) is 8.19. The Labute approximate surface area is 158 Å². The van der Waals surface area contributed by atoms with Crippen molar-refractivity contribution in [1.29, 1.82) is 0 Å². The molecular weight excluding hydrogens is 373 g/mol. The predicted molar refractivity (Wildman–Crippen MR) is 97.8 cm³/mol. The fraction of sp³-hybridized carbons (Fsp3) is 0.100. The molecule has 0 saturated carbocycles. The molecule has 2 N–H and O–H groups in total. The molecule has 5 nitrogen and oxygen atoms in total. The minimum atomic E-state index is -4.47. The van der Waals surface area contributed by atoms with Crippen LogP contribution in [-0.4, -0.2) is 11.8 Å². The fourth-order valence-electron chi connectivity index (χ4n) is 2.53. The van der Waals surface area contributed by atoms with Crippen LogP contribution in [0.5, 0.6) is 0 Å². The Kier molecular flexibility index (Phi) is 5.21. The third-order valence-corrected chi connectivity index (χ3v) is 3.75. The lowest BCUT2D eigenvalue weighted by Gasteiger charge is -2.08. The summed E-state index contributed by atoms with van der Waals surface area (Å²) in [6.07, 6.45) is -4.47. The van der Waals surface area contributed by atoms with Crippen molar-refractivity contribution in [3.05, 3.63) is 72.0 Å². The van der Waals surface area contributed by atoms with Gasteiger partial charge in [0.1, 0.15) is 5.76 Å². The largest absolute Gasteiger partial charge is 0.451 e. The van der Waals surface area contributed by atoms with E-state index in [1.54, 1.807) is 24.3 Å². The minimum Gasteiger partial charge on any atom is -0.451 e. The van der Waals surface area contributed by atoms with Crippen molar-refractivity contribution in [2.24, 2.45) is 0 Å². The van der Waals surface area contributed by atoms with Gasteiger partial charge in [0.05, 0.1) is 5.56 Å². The molecule has 28 heavy (non-hydrogen) atoms. The lowest BCUT2D eigenvalue weighted by Crippen LogP contribution is -2.11. The van der Waals surface area contributed by atoms with Crippen LogP contribution >= 0.6 is 0 Å². The highest BCUT2D eigenvalue weighted by Gasteiger charge is 2.30. The minimum absolute atomic E-state index is 0.0580. The molecule has 0 aliphatic heterocycles. The number of halogens is 3. The summed E-state index contributed by atoms with van der Waals surface area (Å²) in [5.74, 6) is -0.737. The van der Waals surface area contributed by atoms with E-state index in [-0.39, 0.29) is 23.0 Å². The van der Waals surface area contributed by atoms with Crippen molar-refractivity contribution >= 4 is 23.2 Å². The summed E-state index contributed by atoms with van der Waals surface area (Å²) in [5, 5.41) is 5.20. The summed E-state index contributed by atoms with van der Waals surface area (Å²) >= 11 is 0. The molecule has 0 unspecified atom stereocenters. The van der Waals surface area contributed by atoms with Gasteiger partial charge in [-0.1, -0.05) is 18.2 Å². The van der Waals surface area contributed by atoms with Gasteiger partial charge in [-0.05, 0) is 42.5 Å². The van der Waals surface area contributed by atoms with Crippen molar-refractivity contribution in [3.63, 3.8) is 0 Å². The van der Waals surface area contributed by atoms with Crippen LogP contribution in [-0.2, 0) is 11.0 Å². The molecule has 0 atom stereocenters. The van der Waals surface area contributed by atoms with Gasteiger partial charge in [0.25, 0.3) is 5.91 Å². The van der Waals surface area contributed by atoms with E-state index in [0.29, 0.717) is 11.4 Å². The number of nitrogens with one attached hydrogen (secondary N) is 2. The third kappa shape index (κ3) is 4.59. The topological polar surface area (TPSA) is 71.3 Å². The SMILES string of the molecule is CC(=O)Nc1cccc(NC(=O)c2ccc(-c3cccc(C(F)(F)F)c3)o2)c1. The van der Waals surface area contributed by atoms with Crippen LogP contribution in [0.25, 0.3) is 11.3 Å². The van der Waals surface area contributed by atoms with Crippen molar-refractivity contribution in [1.82, 2.24) is 0 Å². The van der Waals surface area contributed by atoms with E-state index in [9.17, 15) is 22.8 Å². The number of furan rings is 1. The number of hydrogen-bond acceptors (Lipinski definition) is 3. The molecule has 3 rings (SSSR count). The number of hydrogen-bond donors (Lipinski definition) is 2. The van der Waals surface area contributed by atoms with Gasteiger partial charge in [-0.15, -0.1) is 0 Å². The zero-order valence-electron chi connectivity index (χ0n) is 14.6. The second-order valence-electron chi connectivity index (χ2n) is 5.96. The van der Waals surface area contributed by atoms with E-state index < -0.39 is 17.6 Å². The second-order valence-corrected chi connectivity index (χ2v) is 5.96. The normalized spacial score (nSPS) is 11.1. The maximum atomic E-state index is 12.9. The molecule has 0 aliphatic rings. The molecule has 1 heterocycles. The zero-order valence-corrected chi connectivity index (χ0v) is 14.6. The molecule has 0 fully saturated rings. The maximum Gasteiger partial charge on any atom is 0.416 e. The highest BCUT2D eigenvalue weighted by atomic mass is 19.4.